The lowest BCUT2D eigenvalue weighted by molar-refractivity contribution is 0.0696. The van der Waals surface area contributed by atoms with E-state index >= 15 is 0 Å². The number of halogens is 1. The molecule has 1 aliphatic rings. The molecule has 1 aromatic rings. The summed E-state index contributed by atoms with van der Waals surface area (Å²) in [4.78, 5) is 10.6. The fourth-order valence-electron chi connectivity index (χ4n) is 1.95. The van der Waals surface area contributed by atoms with Crippen molar-refractivity contribution in [3.8, 4) is 0 Å². The number of sulfone groups is 1. The molecule has 2 rings (SSSR count). The fourth-order valence-corrected chi connectivity index (χ4v) is 3.74. The Morgan fingerprint density at radius 2 is 1.88 bits per heavy atom. The van der Waals surface area contributed by atoms with Crippen molar-refractivity contribution in [3.05, 3.63) is 35.4 Å². The lowest BCUT2D eigenvalue weighted by atomic mass is 9.94. The van der Waals surface area contributed by atoms with Gasteiger partial charge in [0.05, 0.1) is 17.1 Å². The Morgan fingerprint density at radius 3 is 2.29 bits per heavy atom. The maximum absolute atomic E-state index is 14.3. The first-order valence-corrected chi connectivity index (χ1v) is 6.88. The first-order valence-electron chi connectivity index (χ1n) is 5.06. The molecule has 1 saturated heterocycles. The van der Waals surface area contributed by atoms with Crippen LogP contribution in [0.2, 0.25) is 0 Å². The van der Waals surface area contributed by atoms with Crippen molar-refractivity contribution in [1.29, 1.82) is 0 Å². The molecular formula is C11H11FO4S. The van der Waals surface area contributed by atoms with Crippen LogP contribution in [0.25, 0.3) is 0 Å². The van der Waals surface area contributed by atoms with E-state index in [-0.39, 0.29) is 23.3 Å². The minimum absolute atomic E-state index is 0.0539. The highest BCUT2D eigenvalue weighted by Crippen LogP contribution is 2.37. The van der Waals surface area contributed by atoms with Gasteiger partial charge in [-0.05, 0) is 17.7 Å². The lowest BCUT2D eigenvalue weighted by Gasteiger charge is -2.17. The molecule has 0 saturated carbocycles. The quantitative estimate of drug-likeness (QED) is 0.869. The third-order valence-electron chi connectivity index (χ3n) is 2.91. The van der Waals surface area contributed by atoms with Crippen molar-refractivity contribution in [3.63, 3.8) is 0 Å². The van der Waals surface area contributed by atoms with Gasteiger partial charge in [-0.1, -0.05) is 12.1 Å². The Morgan fingerprint density at radius 1 is 1.29 bits per heavy atom. The highest BCUT2D eigenvalue weighted by Gasteiger charge is 2.43. The maximum atomic E-state index is 14.3. The fraction of sp³-hybridized carbons (Fsp3) is 0.364. The van der Waals surface area contributed by atoms with Gasteiger partial charge in [-0.15, -0.1) is 0 Å². The molecule has 1 N–H and O–H groups in total. The molecular weight excluding hydrogens is 247 g/mol. The first-order chi connectivity index (χ1) is 7.82. The number of aromatic carboxylic acids is 1. The van der Waals surface area contributed by atoms with Crippen molar-refractivity contribution in [2.24, 2.45) is 0 Å². The van der Waals surface area contributed by atoms with Crippen molar-refractivity contribution in [2.75, 3.05) is 11.5 Å². The van der Waals surface area contributed by atoms with E-state index in [4.69, 9.17) is 5.11 Å². The van der Waals surface area contributed by atoms with Crippen LogP contribution in [0.1, 0.15) is 22.3 Å². The van der Waals surface area contributed by atoms with Crippen molar-refractivity contribution < 1.29 is 22.7 Å². The van der Waals surface area contributed by atoms with E-state index in [1.54, 1.807) is 0 Å². The summed E-state index contributed by atoms with van der Waals surface area (Å²) >= 11 is 0. The van der Waals surface area contributed by atoms with Crippen LogP contribution in [0, 0.1) is 0 Å². The van der Waals surface area contributed by atoms with Crippen LogP contribution in [-0.4, -0.2) is 31.0 Å². The molecule has 1 aromatic carbocycles. The first kappa shape index (κ1) is 12.0. The summed E-state index contributed by atoms with van der Waals surface area (Å²) < 4.78 is 36.9. The zero-order chi connectivity index (χ0) is 12.7. The summed E-state index contributed by atoms with van der Waals surface area (Å²) in [5, 5.41) is 8.70. The van der Waals surface area contributed by atoms with Gasteiger partial charge in [0.2, 0.25) is 0 Å². The van der Waals surface area contributed by atoms with E-state index in [1.807, 2.05) is 0 Å². The minimum atomic E-state index is -3.32. The van der Waals surface area contributed by atoms with Gasteiger partial charge in [0, 0.05) is 6.42 Å². The smallest absolute Gasteiger partial charge is 0.335 e. The molecule has 0 bridgehead atoms. The molecule has 0 aromatic heterocycles. The van der Waals surface area contributed by atoms with Gasteiger partial charge < -0.3 is 5.11 Å². The molecule has 17 heavy (non-hydrogen) atoms. The third kappa shape index (κ3) is 2.31. The van der Waals surface area contributed by atoms with E-state index in [0.717, 1.165) is 0 Å². The van der Waals surface area contributed by atoms with E-state index in [2.05, 4.69) is 0 Å². The Labute approximate surface area is 98.0 Å². The number of alkyl halides is 1. The van der Waals surface area contributed by atoms with Crippen molar-refractivity contribution in [1.82, 2.24) is 0 Å². The summed E-state index contributed by atoms with van der Waals surface area (Å²) in [6.45, 7) is 0. The zero-order valence-corrected chi connectivity index (χ0v) is 9.71. The van der Waals surface area contributed by atoms with Crippen LogP contribution in [0.15, 0.2) is 24.3 Å². The largest absolute Gasteiger partial charge is 0.478 e. The summed E-state index contributed by atoms with van der Waals surface area (Å²) in [5.74, 6) is -1.78. The second-order valence-corrected chi connectivity index (χ2v) is 6.37. The minimum Gasteiger partial charge on any atom is -0.478 e. The average Bonchev–Trinajstić information content (AvgIpc) is 2.54. The topological polar surface area (TPSA) is 71.4 Å². The molecule has 1 heterocycles. The van der Waals surface area contributed by atoms with Crippen LogP contribution in [-0.2, 0) is 15.5 Å². The molecule has 92 valence electrons. The predicted molar refractivity (Wildman–Crippen MR) is 59.5 cm³/mol. The van der Waals surface area contributed by atoms with E-state index in [9.17, 15) is 17.6 Å². The molecule has 1 unspecified atom stereocenters. The van der Waals surface area contributed by atoms with Gasteiger partial charge in [-0.3, -0.25) is 0 Å². The number of hydrogen-bond acceptors (Lipinski definition) is 3. The SMILES string of the molecule is O=C(O)c1ccc(C2(F)CCS(=O)(=O)C2)cc1. The number of rotatable bonds is 2. The van der Waals surface area contributed by atoms with Gasteiger partial charge in [0.25, 0.3) is 0 Å². The van der Waals surface area contributed by atoms with Gasteiger partial charge in [0.15, 0.2) is 15.5 Å². The molecule has 0 aliphatic carbocycles. The van der Waals surface area contributed by atoms with Crippen LogP contribution in [0.3, 0.4) is 0 Å². The number of hydrogen-bond donors (Lipinski definition) is 1. The van der Waals surface area contributed by atoms with Crippen LogP contribution in [0.5, 0.6) is 0 Å². The number of benzene rings is 1. The molecule has 0 amide bonds. The average molecular weight is 258 g/mol. The second kappa shape index (κ2) is 3.80. The monoisotopic (exact) mass is 258 g/mol. The lowest BCUT2D eigenvalue weighted by Crippen LogP contribution is -2.21. The van der Waals surface area contributed by atoms with Crippen LogP contribution >= 0.6 is 0 Å². The van der Waals surface area contributed by atoms with Crippen LogP contribution in [0.4, 0.5) is 4.39 Å². The maximum Gasteiger partial charge on any atom is 0.335 e. The number of carboxylic acids is 1. The van der Waals surface area contributed by atoms with E-state index in [0.29, 0.717) is 0 Å². The summed E-state index contributed by atoms with van der Waals surface area (Å²) in [5.41, 5.74) is -1.60. The normalized spacial score (nSPS) is 26.9. The van der Waals surface area contributed by atoms with Crippen molar-refractivity contribution in [2.45, 2.75) is 12.1 Å². The number of carbonyl (C=O) groups is 1. The summed E-state index contributed by atoms with van der Waals surface area (Å²) in [7, 11) is -3.32. The molecule has 6 heteroatoms. The molecule has 4 nitrogen and oxygen atoms in total. The third-order valence-corrected chi connectivity index (χ3v) is 4.63. The van der Waals surface area contributed by atoms with Gasteiger partial charge in [-0.25, -0.2) is 17.6 Å². The molecule has 0 spiro atoms. The molecule has 1 atom stereocenters. The molecule has 1 aliphatic heterocycles. The predicted octanol–water partition coefficient (Wildman–Crippen LogP) is 1.37. The summed E-state index contributed by atoms with van der Waals surface area (Å²) in [6.07, 6.45) is -0.0677. The molecule has 1 fully saturated rings. The van der Waals surface area contributed by atoms with E-state index in [1.165, 1.54) is 24.3 Å². The second-order valence-electron chi connectivity index (χ2n) is 4.19. The standard InChI is InChI=1S/C11H11FO4S/c12-11(5-6-17(15,16)7-11)9-3-1-8(2-4-9)10(13)14/h1-4H,5-7H2,(H,13,14). The van der Waals surface area contributed by atoms with Crippen molar-refractivity contribution >= 4 is 15.8 Å². The Hall–Kier alpha value is -1.43. The Bertz CT molecular complexity index is 549. The van der Waals surface area contributed by atoms with E-state index < -0.39 is 27.2 Å². The molecule has 0 radical (unpaired) electrons. The highest BCUT2D eigenvalue weighted by molar-refractivity contribution is 7.91. The zero-order valence-electron chi connectivity index (χ0n) is 8.89. The van der Waals surface area contributed by atoms with Gasteiger partial charge in [-0.2, -0.15) is 0 Å². The highest BCUT2D eigenvalue weighted by atomic mass is 32.2. The number of carboxylic acid groups (broad SMARTS) is 1. The Balaban J connectivity index is 2.32. The van der Waals surface area contributed by atoms with Gasteiger partial charge in [0.1, 0.15) is 0 Å². The summed E-state index contributed by atoms with van der Waals surface area (Å²) in [6, 6.07) is 5.24. The Kier molecular flexibility index (Phi) is 2.69. The van der Waals surface area contributed by atoms with Gasteiger partial charge >= 0.3 is 5.97 Å². The van der Waals surface area contributed by atoms with Crippen LogP contribution < -0.4 is 0 Å².